The predicted octanol–water partition coefficient (Wildman–Crippen LogP) is 3.56. The van der Waals surface area contributed by atoms with Gasteiger partial charge in [-0.25, -0.2) is 0 Å². The molecule has 2 N–H and O–H groups in total. The minimum atomic E-state index is 0. The van der Waals surface area contributed by atoms with Crippen LogP contribution in [0.4, 0.5) is 0 Å². The molecule has 2 atom stereocenters. The van der Waals surface area contributed by atoms with Gasteiger partial charge >= 0.3 is 0 Å². The lowest BCUT2D eigenvalue weighted by molar-refractivity contribution is 0.0888. The Morgan fingerprint density at radius 3 is 2.69 bits per heavy atom. The largest absolute Gasteiger partial charge is 0.381 e. The van der Waals surface area contributed by atoms with Gasteiger partial charge in [0.1, 0.15) is 0 Å². The van der Waals surface area contributed by atoms with Gasteiger partial charge in [-0.15, -0.1) is 24.0 Å². The summed E-state index contributed by atoms with van der Waals surface area (Å²) in [6.07, 6.45) is 2.07. The van der Waals surface area contributed by atoms with Crippen LogP contribution in [0, 0.1) is 5.92 Å². The molecule has 1 aromatic carbocycles. The van der Waals surface area contributed by atoms with E-state index in [1.54, 1.807) is 0 Å². The smallest absolute Gasteiger partial charge is 0.191 e. The van der Waals surface area contributed by atoms with Crippen LogP contribution in [0.15, 0.2) is 29.3 Å². The molecule has 29 heavy (non-hydrogen) atoms. The van der Waals surface area contributed by atoms with Gasteiger partial charge in [0, 0.05) is 37.2 Å². The second-order valence-electron chi connectivity index (χ2n) is 7.34. The van der Waals surface area contributed by atoms with Crippen molar-refractivity contribution in [1.82, 2.24) is 15.5 Å². The number of guanidine groups is 1. The van der Waals surface area contributed by atoms with Crippen LogP contribution < -0.4 is 10.6 Å². The molecule has 0 amide bonds. The quantitative estimate of drug-likeness (QED) is 0.195. The second-order valence-corrected chi connectivity index (χ2v) is 7.77. The summed E-state index contributed by atoms with van der Waals surface area (Å²) < 4.78 is 11.1. The SMILES string of the molecule is CCNC(=NCC(c1ccc(Cl)cc1)N(C)C)NCCCOCC1CCOC1.I. The molecule has 0 aliphatic carbocycles. The first-order valence-corrected chi connectivity index (χ1v) is 10.6. The lowest BCUT2D eigenvalue weighted by Crippen LogP contribution is -2.38. The number of likely N-dealkylation sites (N-methyl/N-ethyl adjacent to an activating group) is 1. The number of aliphatic imine (C=N–C) groups is 1. The summed E-state index contributed by atoms with van der Waals surface area (Å²) in [5, 5.41) is 7.47. The average molecular weight is 539 g/mol. The van der Waals surface area contributed by atoms with Crippen molar-refractivity contribution in [3.63, 3.8) is 0 Å². The molecule has 0 radical (unpaired) electrons. The fourth-order valence-corrected chi connectivity index (χ4v) is 3.24. The minimum Gasteiger partial charge on any atom is -0.381 e. The number of hydrogen-bond acceptors (Lipinski definition) is 4. The molecule has 1 fully saturated rings. The zero-order valence-electron chi connectivity index (χ0n) is 17.8. The first kappa shape index (κ1) is 26.4. The van der Waals surface area contributed by atoms with Crippen LogP contribution in [0.1, 0.15) is 31.4 Å². The molecule has 1 aliphatic rings. The highest BCUT2D eigenvalue weighted by Gasteiger charge is 2.15. The third-order valence-electron chi connectivity index (χ3n) is 4.78. The molecule has 0 bridgehead atoms. The molecule has 0 saturated carbocycles. The molecule has 8 heteroatoms. The van der Waals surface area contributed by atoms with Crippen LogP contribution in [0.5, 0.6) is 0 Å². The zero-order valence-corrected chi connectivity index (χ0v) is 20.9. The summed E-state index contributed by atoms with van der Waals surface area (Å²) in [5.41, 5.74) is 1.21. The number of benzene rings is 1. The van der Waals surface area contributed by atoms with Crippen LogP contribution in [0.3, 0.4) is 0 Å². The average Bonchev–Trinajstić information content (AvgIpc) is 3.19. The van der Waals surface area contributed by atoms with E-state index in [0.29, 0.717) is 12.5 Å². The molecule has 6 nitrogen and oxygen atoms in total. The molecular formula is C21H36ClIN4O2. The van der Waals surface area contributed by atoms with Gasteiger partial charge in [-0.05, 0) is 51.6 Å². The van der Waals surface area contributed by atoms with Gasteiger partial charge in [0.05, 0.1) is 25.8 Å². The van der Waals surface area contributed by atoms with Crippen molar-refractivity contribution in [2.24, 2.45) is 10.9 Å². The Morgan fingerprint density at radius 1 is 1.31 bits per heavy atom. The number of rotatable bonds is 11. The zero-order chi connectivity index (χ0) is 20.2. The van der Waals surface area contributed by atoms with Crippen LogP contribution in [-0.4, -0.2) is 71.0 Å². The van der Waals surface area contributed by atoms with E-state index in [0.717, 1.165) is 63.3 Å². The topological polar surface area (TPSA) is 58.1 Å². The maximum absolute atomic E-state index is 6.02. The van der Waals surface area contributed by atoms with Crippen molar-refractivity contribution in [2.45, 2.75) is 25.8 Å². The van der Waals surface area contributed by atoms with Gasteiger partial charge in [0.2, 0.25) is 0 Å². The molecule has 1 saturated heterocycles. The highest BCUT2D eigenvalue weighted by Crippen LogP contribution is 2.20. The van der Waals surface area contributed by atoms with Gasteiger partial charge < -0.3 is 25.0 Å². The molecule has 2 rings (SSSR count). The summed E-state index contributed by atoms with van der Waals surface area (Å²) in [4.78, 5) is 6.95. The maximum Gasteiger partial charge on any atom is 0.191 e. The Balaban J connectivity index is 0.00000420. The van der Waals surface area contributed by atoms with Gasteiger partial charge in [-0.3, -0.25) is 4.99 Å². The molecule has 166 valence electrons. The predicted molar refractivity (Wildman–Crippen MR) is 132 cm³/mol. The van der Waals surface area contributed by atoms with Gasteiger partial charge in [-0.1, -0.05) is 23.7 Å². The number of halogens is 2. The Morgan fingerprint density at radius 2 is 2.07 bits per heavy atom. The molecule has 0 spiro atoms. The summed E-state index contributed by atoms with van der Waals surface area (Å²) in [6, 6.07) is 8.19. The number of nitrogens with zero attached hydrogens (tertiary/aromatic N) is 2. The van der Waals surface area contributed by atoms with E-state index < -0.39 is 0 Å². The Bertz CT molecular complexity index is 581. The number of hydrogen-bond donors (Lipinski definition) is 2. The van der Waals surface area contributed by atoms with E-state index in [2.05, 4.69) is 48.7 Å². The van der Waals surface area contributed by atoms with Crippen LogP contribution in [0.2, 0.25) is 5.02 Å². The molecule has 2 unspecified atom stereocenters. The molecular weight excluding hydrogens is 503 g/mol. The van der Waals surface area contributed by atoms with Gasteiger partial charge in [-0.2, -0.15) is 0 Å². The van der Waals surface area contributed by atoms with Gasteiger partial charge in [0.15, 0.2) is 5.96 Å². The Labute approximate surface area is 197 Å². The lowest BCUT2D eigenvalue weighted by Gasteiger charge is -2.24. The molecule has 1 aliphatic heterocycles. The normalized spacial score (nSPS) is 17.8. The van der Waals surface area contributed by atoms with E-state index in [-0.39, 0.29) is 30.0 Å². The van der Waals surface area contributed by atoms with Crippen molar-refractivity contribution in [3.05, 3.63) is 34.9 Å². The lowest BCUT2D eigenvalue weighted by atomic mass is 10.1. The van der Waals surface area contributed by atoms with E-state index >= 15 is 0 Å². The standard InChI is InChI=1S/C21H35ClN4O2.HI/c1-4-23-21(24-11-5-12-27-15-17-10-13-28-16-17)25-14-20(26(2)3)18-6-8-19(22)9-7-18;/h6-9,17,20H,4-5,10-16H2,1-3H3,(H2,23,24,25);1H. The molecule has 1 aromatic rings. The summed E-state index contributed by atoms with van der Waals surface area (Å²) >= 11 is 6.02. The van der Waals surface area contributed by atoms with Crippen LogP contribution >= 0.6 is 35.6 Å². The second kappa shape index (κ2) is 15.2. The summed E-state index contributed by atoms with van der Waals surface area (Å²) in [7, 11) is 4.14. The monoisotopic (exact) mass is 538 g/mol. The van der Waals surface area contributed by atoms with Crippen LogP contribution in [-0.2, 0) is 9.47 Å². The minimum absolute atomic E-state index is 0. The first-order chi connectivity index (χ1) is 13.6. The Kier molecular flexibility index (Phi) is 13.9. The van der Waals surface area contributed by atoms with E-state index in [1.165, 1.54) is 5.56 Å². The molecule has 0 aromatic heterocycles. The van der Waals surface area contributed by atoms with Crippen molar-refractivity contribution < 1.29 is 9.47 Å². The third-order valence-corrected chi connectivity index (χ3v) is 5.03. The summed E-state index contributed by atoms with van der Waals surface area (Å²) in [6.45, 7) is 7.69. The first-order valence-electron chi connectivity index (χ1n) is 10.2. The van der Waals surface area contributed by atoms with Crippen LogP contribution in [0.25, 0.3) is 0 Å². The highest BCUT2D eigenvalue weighted by atomic mass is 127. The van der Waals surface area contributed by atoms with Gasteiger partial charge in [0.25, 0.3) is 0 Å². The number of ether oxygens (including phenoxy) is 2. The van der Waals surface area contributed by atoms with E-state index in [9.17, 15) is 0 Å². The van der Waals surface area contributed by atoms with Crippen molar-refractivity contribution in [2.75, 3.05) is 60.2 Å². The fourth-order valence-electron chi connectivity index (χ4n) is 3.12. The van der Waals surface area contributed by atoms with Crippen molar-refractivity contribution in [1.29, 1.82) is 0 Å². The number of nitrogens with one attached hydrogen (secondary N) is 2. The van der Waals surface area contributed by atoms with Crippen molar-refractivity contribution in [3.8, 4) is 0 Å². The van der Waals surface area contributed by atoms with E-state index in [4.69, 9.17) is 26.1 Å². The van der Waals surface area contributed by atoms with E-state index in [1.807, 2.05) is 12.1 Å². The molecule has 1 heterocycles. The summed E-state index contributed by atoms with van der Waals surface area (Å²) in [5.74, 6) is 1.41. The maximum atomic E-state index is 6.02. The fraction of sp³-hybridized carbons (Fsp3) is 0.667. The highest BCUT2D eigenvalue weighted by molar-refractivity contribution is 14.0. The Hall–Kier alpha value is -0.610. The third kappa shape index (κ3) is 10.3. The van der Waals surface area contributed by atoms with Crippen molar-refractivity contribution >= 4 is 41.5 Å².